The summed E-state index contributed by atoms with van der Waals surface area (Å²) in [6, 6.07) is 10.6. The normalized spacial score (nSPS) is 15.5. The first kappa shape index (κ1) is 16.0. The highest BCUT2D eigenvalue weighted by atomic mass is 16.2. The number of benzene rings is 1. The van der Waals surface area contributed by atoms with Gasteiger partial charge in [0, 0.05) is 19.1 Å². The third-order valence-electron chi connectivity index (χ3n) is 4.17. The maximum atomic E-state index is 12.2. The Morgan fingerprint density at radius 1 is 1.24 bits per heavy atom. The van der Waals surface area contributed by atoms with Crippen molar-refractivity contribution in [3.63, 3.8) is 0 Å². The second kappa shape index (κ2) is 8.80. The minimum Gasteiger partial charge on any atom is -0.351 e. The quantitative estimate of drug-likeness (QED) is 0.768. The fourth-order valence-electron chi connectivity index (χ4n) is 2.99. The highest BCUT2D eigenvalue weighted by molar-refractivity contribution is 5.78. The van der Waals surface area contributed by atoms with Gasteiger partial charge in [0.25, 0.3) is 0 Å². The van der Waals surface area contributed by atoms with Gasteiger partial charge in [-0.05, 0) is 31.4 Å². The maximum absolute atomic E-state index is 12.2. The number of nitrogens with zero attached hydrogens (tertiary/aromatic N) is 1. The molecule has 21 heavy (non-hydrogen) atoms. The van der Waals surface area contributed by atoms with Crippen molar-refractivity contribution in [2.75, 3.05) is 19.6 Å². The molecule has 1 aromatic rings. The second-order valence-corrected chi connectivity index (χ2v) is 5.81. The van der Waals surface area contributed by atoms with E-state index in [2.05, 4.69) is 10.2 Å². The van der Waals surface area contributed by atoms with Gasteiger partial charge in [0.05, 0.1) is 6.54 Å². The molecule has 2 rings (SSSR count). The molecule has 0 heterocycles. The molecular formula is C17H27N3O. The molecule has 0 radical (unpaired) electrons. The van der Waals surface area contributed by atoms with Crippen molar-refractivity contribution in [3.05, 3.63) is 35.9 Å². The smallest absolute Gasteiger partial charge is 0.234 e. The van der Waals surface area contributed by atoms with Crippen LogP contribution in [-0.4, -0.2) is 36.5 Å². The van der Waals surface area contributed by atoms with Crippen molar-refractivity contribution in [2.45, 2.75) is 44.7 Å². The van der Waals surface area contributed by atoms with Crippen molar-refractivity contribution < 1.29 is 4.79 Å². The van der Waals surface area contributed by atoms with E-state index >= 15 is 0 Å². The predicted molar refractivity (Wildman–Crippen MR) is 85.8 cm³/mol. The zero-order chi connectivity index (χ0) is 14.9. The van der Waals surface area contributed by atoms with E-state index in [0.29, 0.717) is 25.7 Å². The Labute approximate surface area is 127 Å². The van der Waals surface area contributed by atoms with Gasteiger partial charge >= 0.3 is 0 Å². The van der Waals surface area contributed by atoms with Crippen molar-refractivity contribution in [2.24, 2.45) is 5.73 Å². The van der Waals surface area contributed by atoms with E-state index in [4.69, 9.17) is 5.73 Å². The average Bonchev–Trinajstić information content (AvgIpc) is 3.04. The lowest BCUT2D eigenvalue weighted by atomic mass is 10.2. The van der Waals surface area contributed by atoms with Gasteiger partial charge in [-0.2, -0.15) is 0 Å². The summed E-state index contributed by atoms with van der Waals surface area (Å²) in [6.07, 6.45) is 5.97. The molecule has 0 bridgehead atoms. The lowest BCUT2D eigenvalue weighted by molar-refractivity contribution is -0.123. The number of carbonyl (C=O) groups excluding carboxylic acids is 1. The fraction of sp³-hybridized carbons (Fsp3) is 0.588. The molecule has 3 N–H and O–H groups in total. The van der Waals surface area contributed by atoms with Crippen molar-refractivity contribution >= 4 is 5.91 Å². The Morgan fingerprint density at radius 3 is 2.62 bits per heavy atom. The molecule has 1 aromatic carbocycles. The molecule has 4 heteroatoms. The largest absolute Gasteiger partial charge is 0.351 e. The van der Waals surface area contributed by atoms with Crippen LogP contribution in [0, 0.1) is 0 Å². The van der Waals surface area contributed by atoms with Crippen LogP contribution in [0.15, 0.2) is 30.3 Å². The number of amides is 1. The molecule has 0 saturated heterocycles. The summed E-state index contributed by atoms with van der Waals surface area (Å²) in [7, 11) is 0. The molecule has 1 amide bonds. The standard InChI is InChI=1S/C17H27N3O/c18-11-6-12-20(16-9-4-5-10-16)14-17(21)19-13-15-7-2-1-3-8-15/h1-3,7-8,16H,4-6,9-14,18H2,(H,19,21). The summed E-state index contributed by atoms with van der Waals surface area (Å²) < 4.78 is 0. The maximum Gasteiger partial charge on any atom is 0.234 e. The van der Waals surface area contributed by atoms with E-state index in [1.54, 1.807) is 0 Å². The van der Waals surface area contributed by atoms with E-state index in [1.807, 2.05) is 30.3 Å². The van der Waals surface area contributed by atoms with Crippen molar-refractivity contribution in [1.29, 1.82) is 0 Å². The molecule has 1 saturated carbocycles. The van der Waals surface area contributed by atoms with Gasteiger partial charge < -0.3 is 11.1 Å². The number of hydrogen-bond donors (Lipinski definition) is 2. The van der Waals surface area contributed by atoms with Crippen LogP contribution in [0.5, 0.6) is 0 Å². The van der Waals surface area contributed by atoms with Crippen LogP contribution < -0.4 is 11.1 Å². The highest BCUT2D eigenvalue weighted by Gasteiger charge is 2.23. The summed E-state index contributed by atoms with van der Waals surface area (Å²) in [5.74, 6) is 0.114. The summed E-state index contributed by atoms with van der Waals surface area (Å²) in [5.41, 5.74) is 6.75. The van der Waals surface area contributed by atoms with Gasteiger partial charge in [0.15, 0.2) is 0 Å². The zero-order valence-electron chi connectivity index (χ0n) is 12.8. The number of rotatable bonds is 8. The van der Waals surface area contributed by atoms with Gasteiger partial charge in [0.2, 0.25) is 5.91 Å². The van der Waals surface area contributed by atoms with Gasteiger partial charge in [-0.1, -0.05) is 43.2 Å². The lowest BCUT2D eigenvalue weighted by Crippen LogP contribution is -2.42. The Hall–Kier alpha value is -1.39. The van der Waals surface area contributed by atoms with E-state index in [1.165, 1.54) is 25.7 Å². The third kappa shape index (κ3) is 5.48. The summed E-state index contributed by atoms with van der Waals surface area (Å²) in [5, 5.41) is 3.02. The number of nitrogens with two attached hydrogens (primary N) is 1. The molecule has 0 aromatic heterocycles. The molecule has 0 aliphatic heterocycles. The van der Waals surface area contributed by atoms with Crippen LogP contribution in [-0.2, 0) is 11.3 Å². The topological polar surface area (TPSA) is 58.4 Å². The van der Waals surface area contributed by atoms with E-state index in [9.17, 15) is 4.79 Å². The first-order valence-corrected chi connectivity index (χ1v) is 8.04. The zero-order valence-corrected chi connectivity index (χ0v) is 12.8. The van der Waals surface area contributed by atoms with Crippen LogP contribution in [0.1, 0.15) is 37.7 Å². The molecule has 0 atom stereocenters. The van der Waals surface area contributed by atoms with Gasteiger partial charge in [-0.25, -0.2) is 0 Å². The van der Waals surface area contributed by atoms with Crippen LogP contribution in [0.4, 0.5) is 0 Å². The van der Waals surface area contributed by atoms with Crippen LogP contribution in [0.25, 0.3) is 0 Å². The van der Waals surface area contributed by atoms with Gasteiger partial charge in [0.1, 0.15) is 0 Å². The third-order valence-corrected chi connectivity index (χ3v) is 4.17. The first-order valence-electron chi connectivity index (χ1n) is 8.04. The Bertz CT molecular complexity index is 415. The summed E-state index contributed by atoms with van der Waals surface area (Å²) in [6.45, 7) is 2.72. The molecule has 0 spiro atoms. The monoisotopic (exact) mass is 289 g/mol. The van der Waals surface area contributed by atoms with Crippen LogP contribution >= 0.6 is 0 Å². The number of hydrogen-bond acceptors (Lipinski definition) is 3. The fourth-order valence-corrected chi connectivity index (χ4v) is 2.99. The SMILES string of the molecule is NCCCN(CC(=O)NCc1ccccc1)C1CCCC1. The summed E-state index contributed by atoms with van der Waals surface area (Å²) in [4.78, 5) is 14.5. The van der Waals surface area contributed by atoms with Crippen molar-refractivity contribution in [3.8, 4) is 0 Å². The van der Waals surface area contributed by atoms with Gasteiger partial charge in [-0.3, -0.25) is 9.69 Å². The minimum atomic E-state index is 0.114. The number of carbonyl (C=O) groups is 1. The lowest BCUT2D eigenvalue weighted by Gasteiger charge is -2.28. The highest BCUT2D eigenvalue weighted by Crippen LogP contribution is 2.23. The molecule has 1 aliphatic carbocycles. The summed E-state index contributed by atoms with van der Waals surface area (Å²) >= 11 is 0. The van der Waals surface area contributed by atoms with E-state index in [0.717, 1.165) is 18.5 Å². The number of nitrogens with one attached hydrogen (secondary N) is 1. The molecule has 1 fully saturated rings. The van der Waals surface area contributed by atoms with E-state index < -0.39 is 0 Å². The Morgan fingerprint density at radius 2 is 1.95 bits per heavy atom. The molecular weight excluding hydrogens is 262 g/mol. The predicted octanol–water partition coefficient (Wildman–Crippen LogP) is 1.90. The Balaban J connectivity index is 1.79. The second-order valence-electron chi connectivity index (χ2n) is 5.81. The van der Waals surface area contributed by atoms with Crippen LogP contribution in [0.3, 0.4) is 0 Å². The minimum absolute atomic E-state index is 0.114. The molecule has 116 valence electrons. The molecule has 0 unspecified atom stereocenters. The van der Waals surface area contributed by atoms with Crippen LogP contribution in [0.2, 0.25) is 0 Å². The van der Waals surface area contributed by atoms with E-state index in [-0.39, 0.29) is 5.91 Å². The Kier molecular flexibility index (Phi) is 6.70. The molecule has 1 aliphatic rings. The van der Waals surface area contributed by atoms with Gasteiger partial charge in [-0.15, -0.1) is 0 Å². The van der Waals surface area contributed by atoms with Crippen molar-refractivity contribution in [1.82, 2.24) is 10.2 Å². The molecule has 4 nitrogen and oxygen atoms in total. The first-order chi connectivity index (χ1) is 10.3. The average molecular weight is 289 g/mol.